The van der Waals surface area contributed by atoms with E-state index in [2.05, 4.69) is 10.6 Å². The average Bonchev–Trinajstić information content (AvgIpc) is 2.14. The fraction of sp³-hybridized carbons (Fsp3) is 0.455. The molecule has 4 heteroatoms. The van der Waals surface area contributed by atoms with E-state index < -0.39 is 5.60 Å². The molecular weight excluding hydrogens is 190 g/mol. The first-order valence-corrected chi connectivity index (χ1v) is 4.96. The normalized spacial score (nSPS) is 11.2. The molecule has 0 fully saturated rings. The summed E-state index contributed by atoms with van der Waals surface area (Å²) >= 11 is 0. The summed E-state index contributed by atoms with van der Waals surface area (Å²) in [7, 11) is 1.85. The quantitative estimate of drug-likeness (QED) is 0.567. The second kappa shape index (κ2) is 4.40. The van der Waals surface area contributed by atoms with Gasteiger partial charge in [0.1, 0.15) is 0 Å². The molecule has 0 aliphatic heterocycles. The number of nitrogens with one attached hydrogen (secondary N) is 2. The predicted octanol–water partition coefficient (Wildman–Crippen LogP) is 1.49. The minimum atomic E-state index is -0.742. The maximum absolute atomic E-state index is 9.55. The molecule has 0 saturated heterocycles. The van der Waals surface area contributed by atoms with Crippen LogP contribution in [-0.4, -0.2) is 24.3 Å². The molecule has 0 aliphatic carbocycles. The molecular formula is C11H19N3O. The molecule has 0 bridgehead atoms. The van der Waals surface area contributed by atoms with Gasteiger partial charge in [-0.1, -0.05) is 0 Å². The van der Waals surface area contributed by atoms with Gasteiger partial charge >= 0.3 is 0 Å². The molecule has 4 nitrogen and oxygen atoms in total. The molecule has 1 rings (SSSR count). The summed E-state index contributed by atoms with van der Waals surface area (Å²) in [5.74, 6) is 0. The first kappa shape index (κ1) is 11.7. The number of benzene rings is 1. The fourth-order valence-corrected chi connectivity index (χ4v) is 1.19. The van der Waals surface area contributed by atoms with Crippen molar-refractivity contribution in [1.29, 1.82) is 0 Å². The van der Waals surface area contributed by atoms with Crippen LogP contribution in [0.3, 0.4) is 0 Å². The zero-order valence-corrected chi connectivity index (χ0v) is 9.46. The number of rotatable bonds is 4. The van der Waals surface area contributed by atoms with Gasteiger partial charge in [-0.25, -0.2) is 0 Å². The van der Waals surface area contributed by atoms with Gasteiger partial charge in [0.15, 0.2) is 0 Å². The fourth-order valence-electron chi connectivity index (χ4n) is 1.19. The van der Waals surface area contributed by atoms with Crippen LogP contribution in [0.1, 0.15) is 13.8 Å². The Morgan fingerprint density at radius 1 is 1.40 bits per heavy atom. The van der Waals surface area contributed by atoms with Crippen LogP contribution < -0.4 is 16.4 Å². The van der Waals surface area contributed by atoms with Crippen LogP contribution >= 0.6 is 0 Å². The van der Waals surface area contributed by atoms with Gasteiger partial charge < -0.3 is 21.5 Å². The van der Waals surface area contributed by atoms with E-state index in [-0.39, 0.29) is 0 Å². The molecule has 1 aromatic carbocycles. The van der Waals surface area contributed by atoms with Crippen LogP contribution in [0.4, 0.5) is 17.1 Å². The number of nitrogen functional groups attached to an aromatic ring is 1. The zero-order valence-electron chi connectivity index (χ0n) is 9.46. The Balaban J connectivity index is 2.70. The van der Waals surface area contributed by atoms with Crippen molar-refractivity contribution in [3.8, 4) is 0 Å². The van der Waals surface area contributed by atoms with E-state index in [4.69, 9.17) is 5.73 Å². The summed E-state index contributed by atoms with van der Waals surface area (Å²) in [4.78, 5) is 0. The van der Waals surface area contributed by atoms with Gasteiger partial charge in [-0.2, -0.15) is 0 Å². The third-order valence-corrected chi connectivity index (χ3v) is 2.05. The monoisotopic (exact) mass is 209 g/mol. The van der Waals surface area contributed by atoms with E-state index in [0.717, 1.165) is 11.4 Å². The average molecular weight is 209 g/mol. The molecule has 0 radical (unpaired) electrons. The van der Waals surface area contributed by atoms with Gasteiger partial charge in [-0.15, -0.1) is 0 Å². The molecule has 0 spiro atoms. The third-order valence-electron chi connectivity index (χ3n) is 2.05. The lowest BCUT2D eigenvalue weighted by molar-refractivity contribution is 0.0945. The van der Waals surface area contributed by atoms with Crippen molar-refractivity contribution in [3.63, 3.8) is 0 Å². The molecule has 84 valence electrons. The van der Waals surface area contributed by atoms with E-state index in [9.17, 15) is 5.11 Å². The highest BCUT2D eigenvalue weighted by atomic mass is 16.3. The van der Waals surface area contributed by atoms with Crippen molar-refractivity contribution in [2.75, 3.05) is 30.0 Å². The van der Waals surface area contributed by atoms with Crippen LogP contribution in [0.2, 0.25) is 0 Å². The maximum atomic E-state index is 9.55. The van der Waals surface area contributed by atoms with Crippen LogP contribution in [0.15, 0.2) is 18.2 Å². The minimum Gasteiger partial charge on any atom is -0.397 e. The number of hydrogen-bond acceptors (Lipinski definition) is 4. The standard InChI is InChI=1S/C11H19N3O/c1-11(2,15)7-14-10-5-4-8(13-3)6-9(10)12/h4-6,13-15H,7,12H2,1-3H3. The van der Waals surface area contributed by atoms with E-state index in [0.29, 0.717) is 12.2 Å². The zero-order chi connectivity index (χ0) is 11.5. The van der Waals surface area contributed by atoms with E-state index in [1.165, 1.54) is 0 Å². The van der Waals surface area contributed by atoms with Crippen molar-refractivity contribution in [3.05, 3.63) is 18.2 Å². The number of aliphatic hydroxyl groups is 1. The lowest BCUT2D eigenvalue weighted by Crippen LogP contribution is -2.29. The van der Waals surface area contributed by atoms with Gasteiger partial charge in [-0.3, -0.25) is 0 Å². The van der Waals surface area contributed by atoms with Gasteiger partial charge in [0.25, 0.3) is 0 Å². The SMILES string of the molecule is CNc1ccc(NCC(C)(C)O)c(N)c1. The van der Waals surface area contributed by atoms with Crippen LogP contribution in [-0.2, 0) is 0 Å². The van der Waals surface area contributed by atoms with Crippen molar-refractivity contribution in [2.24, 2.45) is 0 Å². The first-order chi connectivity index (χ1) is 6.92. The summed E-state index contributed by atoms with van der Waals surface area (Å²) in [5.41, 5.74) is 7.59. The minimum absolute atomic E-state index is 0.468. The molecule has 0 aromatic heterocycles. The molecule has 15 heavy (non-hydrogen) atoms. The topological polar surface area (TPSA) is 70.3 Å². The van der Waals surface area contributed by atoms with Crippen molar-refractivity contribution in [2.45, 2.75) is 19.4 Å². The summed E-state index contributed by atoms with van der Waals surface area (Å²) in [6.07, 6.45) is 0. The highest BCUT2D eigenvalue weighted by Crippen LogP contribution is 2.22. The summed E-state index contributed by atoms with van der Waals surface area (Å²) < 4.78 is 0. The van der Waals surface area contributed by atoms with Crippen LogP contribution in [0, 0.1) is 0 Å². The summed E-state index contributed by atoms with van der Waals surface area (Å²) in [6.45, 7) is 3.96. The molecule has 5 N–H and O–H groups in total. The van der Waals surface area contributed by atoms with Crippen molar-refractivity contribution >= 4 is 17.1 Å². The summed E-state index contributed by atoms with van der Waals surface area (Å²) in [5, 5.41) is 15.7. The number of hydrogen-bond donors (Lipinski definition) is 4. The second-order valence-electron chi connectivity index (χ2n) is 4.22. The smallest absolute Gasteiger partial charge is 0.0763 e. The van der Waals surface area contributed by atoms with E-state index >= 15 is 0 Å². The highest BCUT2D eigenvalue weighted by Gasteiger charge is 2.12. The lowest BCUT2D eigenvalue weighted by Gasteiger charge is -2.19. The lowest BCUT2D eigenvalue weighted by atomic mass is 10.1. The Labute approximate surface area is 90.5 Å². The Morgan fingerprint density at radius 2 is 2.07 bits per heavy atom. The molecule has 0 heterocycles. The van der Waals surface area contributed by atoms with Crippen LogP contribution in [0.5, 0.6) is 0 Å². The Bertz CT molecular complexity index is 331. The molecule has 0 atom stereocenters. The molecule has 0 unspecified atom stereocenters. The van der Waals surface area contributed by atoms with E-state index in [1.807, 2.05) is 25.2 Å². The summed E-state index contributed by atoms with van der Waals surface area (Å²) in [6, 6.07) is 5.68. The Hall–Kier alpha value is -1.42. The first-order valence-electron chi connectivity index (χ1n) is 4.96. The number of nitrogens with two attached hydrogens (primary N) is 1. The van der Waals surface area contributed by atoms with Gasteiger partial charge in [0.2, 0.25) is 0 Å². The third kappa shape index (κ3) is 3.67. The van der Waals surface area contributed by atoms with Gasteiger partial charge in [-0.05, 0) is 32.0 Å². The molecule has 0 amide bonds. The van der Waals surface area contributed by atoms with Gasteiger partial charge in [0, 0.05) is 19.3 Å². The second-order valence-corrected chi connectivity index (χ2v) is 4.22. The Morgan fingerprint density at radius 3 is 2.53 bits per heavy atom. The molecule has 1 aromatic rings. The highest BCUT2D eigenvalue weighted by molar-refractivity contribution is 5.71. The van der Waals surface area contributed by atoms with Crippen molar-refractivity contribution < 1.29 is 5.11 Å². The van der Waals surface area contributed by atoms with Crippen molar-refractivity contribution in [1.82, 2.24) is 0 Å². The van der Waals surface area contributed by atoms with Crippen LogP contribution in [0.25, 0.3) is 0 Å². The molecule has 0 aliphatic rings. The predicted molar refractivity (Wildman–Crippen MR) is 65.2 cm³/mol. The van der Waals surface area contributed by atoms with Gasteiger partial charge in [0.05, 0.1) is 17.0 Å². The Kier molecular flexibility index (Phi) is 3.42. The molecule has 0 saturated carbocycles. The van der Waals surface area contributed by atoms with E-state index in [1.54, 1.807) is 13.8 Å². The largest absolute Gasteiger partial charge is 0.397 e. The number of anilines is 3. The maximum Gasteiger partial charge on any atom is 0.0763 e.